The number of nitrogens with zero attached hydrogens (tertiary/aromatic N) is 3. The summed E-state index contributed by atoms with van der Waals surface area (Å²) in [4.78, 5) is 9.32. The quantitative estimate of drug-likeness (QED) is 0.472. The van der Waals surface area contributed by atoms with Crippen LogP contribution in [0, 0.1) is 11.6 Å². The number of nitrogens with one attached hydrogen (secondary N) is 1. The van der Waals surface area contributed by atoms with E-state index in [1.165, 1.54) is 29.0 Å². The summed E-state index contributed by atoms with van der Waals surface area (Å²) in [5, 5.41) is 0.688. The van der Waals surface area contributed by atoms with E-state index < -0.39 is 15.7 Å². The number of sulfone groups is 1. The zero-order valence-corrected chi connectivity index (χ0v) is 18.0. The normalized spacial score (nSPS) is 12.2. The molecule has 0 bridgehead atoms. The van der Waals surface area contributed by atoms with Crippen LogP contribution in [-0.2, 0) is 29.5 Å². The van der Waals surface area contributed by atoms with Gasteiger partial charge in [0.15, 0.2) is 0 Å². The van der Waals surface area contributed by atoms with E-state index in [0.717, 1.165) is 22.9 Å². The molecule has 4 rings (SSSR count). The number of H-pyrrole nitrogens is 1. The molecule has 0 atom stereocenters. The fourth-order valence-electron chi connectivity index (χ4n) is 3.65. The largest absolute Gasteiger partial charge is 0.357 e. The van der Waals surface area contributed by atoms with Crippen molar-refractivity contribution in [2.45, 2.75) is 24.8 Å². The number of rotatable bonds is 7. The van der Waals surface area contributed by atoms with E-state index in [1.807, 2.05) is 18.0 Å². The molecule has 4 aromatic rings. The Kier molecular flexibility index (Phi) is 5.63. The fourth-order valence-corrected chi connectivity index (χ4v) is 4.48. The molecule has 0 fully saturated rings. The van der Waals surface area contributed by atoms with E-state index in [9.17, 15) is 17.2 Å². The minimum Gasteiger partial charge on any atom is -0.357 e. The van der Waals surface area contributed by atoms with Crippen molar-refractivity contribution < 1.29 is 17.2 Å². The van der Waals surface area contributed by atoms with Crippen LogP contribution < -0.4 is 0 Å². The van der Waals surface area contributed by atoms with Gasteiger partial charge in [0.25, 0.3) is 0 Å². The average Bonchev–Trinajstić information content (AvgIpc) is 3.26. The Morgan fingerprint density at radius 1 is 1.10 bits per heavy atom. The summed E-state index contributed by atoms with van der Waals surface area (Å²) >= 11 is 0. The number of benzene rings is 2. The standard InChI is InChI=1S/C22H22F2N4O2S/c1-27(13-18-10-16-9-17(23)7-8-21(16)26-18)14-19-11-25-22(31(2,29)30)28(19)12-15-5-3-4-6-20(15)24/h3-11,26H,12-14H2,1-2H3. The lowest BCUT2D eigenvalue weighted by atomic mass is 10.2. The fraction of sp³-hybridized carbons (Fsp3) is 0.227. The molecular formula is C22H22F2N4O2S. The summed E-state index contributed by atoms with van der Waals surface area (Å²) in [5.41, 5.74) is 2.76. The topological polar surface area (TPSA) is 71.0 Å². The van der Waals surface area contributed by atoms with Gasteiger partial charge in [0, 0.05) is 41.5 Å². The van der Waals surface area contributed by atoms with Crippen LogP contribution in [-0.4, -0.2) is 41.2 Å². The van der Waals surface area contributed by atoms with Gasteiger partial charge in [-0.1, -0.05) is 18.2 Å². The Morgan fingerprint density at radius 2 is 1.87 bits per heavy atom. The second-order valence-electron chi connectivity index (χ2n) is 7.68. The molecule has 2 aromatic carbocycles. The Balaban J connectivity index is 1.59. The third-order valence-electron chi connectivity index (χ3n) is 5.03. The van der Waals surface area contributed by atoms with Crippen molar-refractivity contribution in [2.75, 3.05) is 13.3 Å². The lowest BCUT2D eigenvalue weighted by molar-refractivity contribution is 0.306. The third-order valence-corrected chi connectivity index (χ3v) is 6.02. The number of imidazole rings is 1. The summed E-state index contributed by atoms with van der Waals surface area (Å²) in [6.07, 6.45) is 2.60. The van der Waals surface area contributed by atoms with Gasteiger partial charge < -0.3 is 9.55 Å². The highest BCUT2D eigenvalue weighted by molar-refractivity contribution is 7.90. The highest BCUT2D eigenvalue weighted by atomic mass is 32.2. The van der Waals surface area contributed by atoms with Crippen LogP contribution >= 0.6 is 0 Å². The molecule has 0 saturated carbocycles. The lowest BCUT2D eigenvalue weighted by Gasteiger charge is -2.18. The van der Waals surface area contributed by atoms with Gasteiger partial charge >= 0.3 is 0 Å². The monoisotopic (exact) mass is 444 g/mol. The number of fused-ring (bicyclic) bond motifs is 1. The Hall–Kier alpha value is -3.04. The summed E-state index contributed by atoms with van der Waals surface area (Å²) < 4.78 is 53.6. The summed E-state index contributed by atoms with van der Waals surface area (Å²) in [5.74, 6) is -0.697. The molecule has 0 amide bonds. The first kappa shape index (κ1) is 21.2. The molecule has 9 heteroatoms. The molecule has 2 aromatic heterocycles. The van der Waals surface area contributed by atoms with Gasteiger partial charge in [-0.2, -0.15) is 0 Å². The predicted octanol–water partition coefficient (Wildman–Crippen LogP) is 3.73. The van der Waals surface area contributed by atoms with Crippen LogP contribution in [0.2, 0.25) is 0 Å². The van der Waals surface area contributed by atoms with Gasteiger partial charge in [0.1, 0.15) is 11.6 Å². The molecule has 31 heavy (non-hydrogen) atoms. The minimum absolute atomic E-state index is 0.0594. The van der Waals surface area contributed by atoms with Gasteiger partial charge in [0.05, 0.1) is 18.4 Å². The molecule has 0 spiro atoms. The Bertz CT molecular complexity index is 1340. The smallest absolute Gasteiger partial charge is 0.227 e. The van der Waals surface area contributed by atoms with Crippen molar-refractivity contribution in [3.05, 3.63) is 83.3 Å². The van der Waals surface area contributed by atoms with Crippen LogP contribution in [0.25, 0.3) is 10.9 Å². The van der Waals surface area contributed by atoms with Gasteiger partial charge in [-0.25, -0.2) is 22.2 Å². The minimum atomic E-state index is -3.59. The second-order valence-corrected chi connectivity index (χ2v) is 9.59. The summed E-state index contributed by atoms with van der Waals surface area (Å²) in [6.45, 7) is 0.972. The average molecular weight is 445 g/mol. The first-order chi connectivity index (χ1) is 14.7. The zero-order chi connectivity index (χ0) is 22.2. The molecule has 0 aliphatic rings. The molecule has 162 valence electrons. The van der Waals surface area contributed by atoms with Gasteiger partial charge in [0.2, 0.25) is 15.0 Å². The van der Waals surface area contributed by atoms with E-state index in [-0.39, 0.29) is 17.5 Å². The number of aromatic amines is 1. The maximum Gasteiger partial charge on any atom is 0.227 e. The number of halogens is 2. The van der Waals surface area contributed by atoms with Crippen LogP contribution in [0.4, 0.5) is 8.78 Å². The SMILES string of the molecule is CN(Cc1cc2cc(F)ccc2[nH]1)Cc1cnc(S(C)(=O)=O)n1Cc1ccccc1F. The summed E-state index contributed by atoms with van der Waals surface area (Å²) in [6, 6.07) is 12.7. The number of aromatic nitrogens is 3. The van der Waals surface area contributed by atoms with Crippen molar-refractivity contribution in [1.82, 2.24) is 19.4 Å². The highest BCUT2D eigenvalue weighted by Gasteiger charge is 2.21. The molecule has 0 aliphatic carbocycles. The van der Waals surface area contributed by atoms with E-state index in [1.54, 1.807) is 24.3 Å². The zero-order valence-electron chi connectivity index (χ0n) is 17.1. The van der Waals surface area contributed by atoms with E-state index in [2.05, 4.69) is 9.97 Å². The van der Waals surface area contributed by atoms with Crippen molar-refractivity contribution in [3.63, 3.8) is 0 Å². The van der Waals surface area contributed by atoms with E-state index in [4.69, 9.17) is 0 Å². The van der Waals surface area contributed by atoms with E-state index >= 15 is 0 Å². The van der Waals surface area contributed by atoms with Crippen LogP contribution in [0.3, 0.4) is 0 Å². The van der Waals surface area contributed by atoms with Crippen molar-refractivity contribution >= 4 is 20.7 Å². The second kappa shape index (κ2) is 8.24. The molecule has 0 saturated heterocycles. The third kappa shape index (κ3) is 4.67. The summed E-state index contributed by atoms with van der Waals surface area (Å²) in [7, 11) is -1.71. The molecule has 0 unspecified atom stereocenters. The van der Waals surface area contributed by atoms with Crippen molar-refractivity contribution in [3.8, 4) is 0 Å². The first-order valence-electron chi connectivity index (χ1n) is 9.64. The van der Waals surface area contributed by atoms with Crippen LogP contribution in [0.15, 0.2) is 59.9 Å². The van der Waals surface area contributed by atoms with Crippen LogP contribution in [0.5, 0.6) is 0 Å². The number of hydrogen-bond donors (Lipinski definition) is 1. The lowest BCUT2D eigenvalue weighted by Crippen LogP contribution is -2.21. The predicted molar refractivity (Wildman–Crippen MR) is 114 cm³/mol. The molecule has 0 aliphatic heterocycles. The first-order valence-corrected chi connectivity index (χ1v) is 11.5. The maximum absolute atomic E-state index is 14.2. The number of hydrogen-bond acceptors (Lipinski definition) is 4. The van der Waals surface area contributed by atoms with Gasteiger partial charge in [-0.3, -0.25) is 4.90 Å². The van der Waals surface area contributed by atoms with Crippen LogP contribution in [0.1, 0.15) is 17.0 Å². The van der Waals surface area contributed by atoms with Crippen molar-refractivity contribution in [1.29, 1.82) is 0 Å². The molecule has 2 heterocycles. The molecule has 0 radical (unpaired) electrons. The van der Waals surface area contributed by atoms with Crippen molar-refractivity contribution in [2.24, 2.45) is 0 Å². The Labute approximate surface area is 179 Å². The Morgan fingerprint density at radius 3 is 2.61 bits per heavy atom. The van der Waals surface area contributed by atoms with Gasteiger partial charge in [-0.15, -0.1) is 0 Å². The molecule has 6 nitrogen and oxygen atoms in total. The van der Waals surface area contributed by atoms with E-state index in [0.29, 0.717) is 24.3 Å². The maximum atomic E-state index is 14.2. The molecule has 1 N–H and O–H groups in total. The highest BCUT2D eigenvalue weighted by Crippen LogP contribution is 2.20. The van der Waals surface area contributed by atoms with Gasteiger partial charge in [-0.05, 0) is 37.4 Å². The molecular weight excluding hydrogens is 422 g/mol.